The Morgan fingerprint density at radius 1 is 1.37 bits per heavy atom. The van der Waals surface area contributed by atoms with E-state index in [2.05, 4.69) is 6.58 Å². The number of methoxy groups -OCH3 is 1. The lowest BCUT2D eigenvalue weighted by Crippen LogP contribution is -2.08. The molecule has 3 heteroatoms. The van der Waals surface area contributed by atoms with E-state index in [9.17, 15) is 4.79 Å². The van der Waals surface area contributed by atoms with Crippen molar-refractivity contribution in [3.8, 4) is 5.75 Å². The van der Waals surface area contributed by atoms with Crippen LogP contribution in [0.15, 0.2) is 48.1 Å². The molecule has 1 aromatic carbocycles. The summed E-state index contributed by atoms with van der Waals surface area (Å²) in [4.78, 5) is 11.7. The quantitative estimate of drug-likeness (QED) is 0.601. The Labute approximate surface area is 113 Å². The second kappa shape index (κ2) is 5.74. The molecule has 0 amide bonds. The van der Waals surface area contributed by atoms with Gasteiger partial charge in [-0.05, 0) is 30.7 Å². The Balaban J connectivity index is 2.04. The van der Waals surface area contributed by atoms with E-state index < -0.39 is 0 Å². The molecular weight excluding hydrogens is 240 g/mol. The van der Waals surface area contributed by atoms with Gasteiger partial charge in [0.2, 0.25) is 0 Å². The molecule has 2 rings (SSSR count). The largest absolute Gasteiger partial charge is 0.497 e. The van der Waals surface area contributed by atoms with Gasteiger partial charge < -0.3 is 9.47 Å². The first kappa shape index (κ1) is 13.4. The van der Waals surface area contributed by atoms with Crippen molar-refractivity contribution in [3.63, 3.8) is 0 Å². The van der Waals surface area contributed by atoms with Crippen LogP contribution < -0.4 is 4.74 Å². The smallest absolute Gasteiger partial charge is 0.334 e. The molecule has 1 aromatic rings. The van der Waals surface area contributed by atoms with Crippen molar-refractivity contribution in [3.05, 3.63) is 53.6 Å². The highest BCUT2D eigenvalue weighted by atomic mass is 16.5. The standard InChI is InChI=1S/C16H18O3/c1-11(2)8-15-10-13(16(17)19-15)9-12-4-6-14(18-3)7-5-12/h4-7,10,15H,1,8-9H2,2-3H3/t15-/m1/s1. The van der Waals surface area contributed by atoms with Gasteiger partial charge in [-0.25, -0.2) is 4.79 Å². The van der Waals surface area contributed by atoms with Gasteiger partial charge in [-0.3, -0.25) is 0 Å². The third-order valence-corrected chi connectivity index (χ3v) is 3.01. The molecule has 0 aromatic heterocycles. The summed E-state index contributed by atoms with van der Waals surface area (Å²) in [5.41, 5.74) is 2.80. The molecule has 1 heterocycles. The van der Waals surface area contributed by atoms with Crippen molar-refractivity contribution >= 4 is 5.97 Å². The predicted octanol–water partition coefficient (Wildman–Crippen LogP) is 3.06. The normalized spacial score (nSPS) is 17.9. The molecule has 0 radical (unpaired) electrons. The molecule has 1 aliphatic heterocycles. The van der Waals surface area contributed by atoms with Gasteiger partial charge in [0.05, 0.1) is 7.11 Å². The molecule has 0 saturated carbocycles. The summed E-state index contributed by atoms with van der Waals surface area (Å²) in [5, 5.41) is 0. The van der Waals surface area contributed by atoms with Crippen molar-refractivity contribution in [1.82, 2.24) is 0 Å². The average Bonchev–Trinajstić information content (AvgIpc) is 2.69. The molecular formula is C16H18O3. The average molecular weight is 258 g/mol. The molecule has 0 bridgehead atoms. The van der Waals surface area contributed by atoms with E-state index >= 15 is 0 Å². The lowest BCUT2D eigenvalue weighted by atomic mass is 10.0. The molecule has 0 spiro atoms. The van der Waals surface area contributed by atoms with E-state index in [1.54, 1.807) is 7.11 Å². The third-order valence-electron chi connectivity index (χ3n) is 3.01. The number of esters is 1. The van der Waals surface area contributed by atoms with Crippen LogP contribution in [-0.2, 0) is 16.0 Å². The summed E-state index contributed by atoms with van der Waals surface area (Å²) in [7, 11) is 1.63. The van der Waals surface area contributed by atoms with Gasteiger partial charge in [-0.1, -0.05) is 24.3 Å². The van der Waals surface area contributed by atoms with Crippen LogP contribution in [0.5, 0.6) is 5.75 Å². The number of carbonyl (C=O) groups is 1. The summed E-state index contributed by atoms with van der Waals surface area (Å²) < 4.78 is 10.4. The Kier molecular flexibility index (Phi) is 4.05. The monoisotopic (exact) mass is 258 g/mol. The van der Waals surface area contributed by atoms with Crippen LogP contribution in [0.1, 0.15) is 18.9 Å². The second-order valence-corrected chi connectivity index (χ2v) is 4.82. The summed E-state index contributed by atoms with van der Waals surface area (Å²) >= 11 is 0. The van der Waals surface area contributed by atoms with Gasteiger partial charge in [0.1, 0.15) is 11.9 Å². The number of hydrogen-bond donors (Lipinski definition) is 0. The van der Waals surface area contributed by atoms with Crippen LogP contribution in [0.2, 0.25) is 0 Å². The van der Waals surface area contributed by atoms with Crippen molar-refractivity contribution < 1.29 is 14.3 Å². The van der Waals surface area contributed by atoms with E-state index in [0.717, 1.165) is 22.5 Å². The third kappa shape index (κ3) is 3.47. The number of benzene rings is 1. The fourth-order valence-electron chi connectivity index (χ4n) is 2.08. The molecule has 0 saturated heterocycles. The van der Waals surface area contributed by atoms with Crippen LogP contribution in [0.4, 0.5) is 0 Å². The Bertz CT molecular complexity index is 511. The molecule has 0 aliphatic carbocycles. The number of cyclic esters (lactones) is 1. The number of rotatable bonds is 5. The van der Waals surface area contributed by atoms with Crippen molar-refractivity contribution in [2.24, 2.45) is 0 Å². The molecule has 1 atom stereocenters. The highest BCUT2D eigenvalue weighted by molar-refractivity contribution is 5.91. The highest BCUT2D eigenvalue weighted by Gasteiger charge is 2.25. The minimum atomic E-state index is -0.220. The van der Waals surface area contributed by atoms with Crippen LogP contribution in [-0.4, -0.2) is 19.2 Å². The van der Waals surface area contributed by atoms with Crippen molar-refractivity contribution in [2.45, 2.75) is 25.9 Å². The van der Waals surface area contributed by atoms with Gasteiger partial charge in [0.15, 0.2) is 0 Å². The number of hydrogen-bond acceptors (Lipinski definition) is 3. The second-order valence-electron chi connectivity index (χ2n) is 4.82. The number of carbonyl (C=O) groups excluding carboxylic acids is 1. The van der Waals surface area contributed by atoms with Crippen molar-refractivity contribution in [2.75, 3.05) is 7.11 Å². The predicted molar refractivity (Wildman–Crippen MR) is 74.1 cm³/mol. The summed E-state index contributed by atoms with van der Waals surface area (Å²) in [6.07, 6.45) is 3.03. The fraction of sp³-hybridized carbons (Fsp3) is 0.312. The highest BCUT2D eigenvalue weighted by Crippen LogP contribution is 2.23. The van der Waals surface area contributed by atoms with E-state index in [-0.39, 0.29) is 12.1 Å². The van der Waals surface area contributed by atoms with E-state index in [4.69, 9.17) is 9.47 Å². The first-order valence-corrected chi connectivity index (χ1v) is 6.27. The number of ether oxygens (including phenoxy) is 2. The minimum Gasteiger partial charge on any atom is -0.497 e. The molecule has 3 nitrogen and oxygen atoms in total. The van der Waals surface area contributed by atoms with Crippen molar-refractivity contribution in [1.29, 1.82) is 0 Å². The Morgan fingerprint density at radius 2 is 2.05 bits per heavy atom. The van der Waals surface area contributed by atoms with Crippen LogP contribution >= 0.6 is 0 Å². The topological polar surface area (TPSA) is 35.5 Å². The zero-order valence-electron chi connectivity index (χ0n) is 11.3. The Hall–Kier alpha value is -2.03. The van der Waals surface area contributed by atoms with Gasteiger partial charge in [0.25, 0.3) is 0 Å². The minimum absolute atomic E-state index is 0.154. The maximum Gasteiger partial charge on any atom is 0.334 e. The fourth-order valence-corrected chi connectivity index (χ4v) is 2.08. The maximum absolute atomic E-state index is 11.7. The van der Waals surface area contributed by atoms with Gasteiger partial charge in [-0.2, -0.15) is 0 Å². The van der Waals surface area contributed by atoms with Crippen LogP contribution in [0, 0.1) is 0 Å². The molecule has 0 unspecified atom stereocenters. The van der Waals surface area contributed by atoms with Crippen LogP contribution in [0.25, 0.3) is 0 Å². The lowest BCUT2D eigenvalue weighted by molar-refractivity contribution is -0.139. The van der Waals surface area contributed by atoms with E-state index in [1.807, 2.05) is 37.3 Å². The zero-order valence-corrected chi connectivity index (χ0v) is 11.3. The zero-order chi connectivity index (χ0) is 13.8. The SMILES string of the molecule is C=C(C)C[C@@H]1C=C(Cc2ccc(OC)cc2)C(=O)O1. The molecule has 19 heavy (non-hydrogen) atoms. The summed E-state index contributed by atoms with van der Waals surface area (Å²) in [5.74, 6) is 0.592. The first-order chi connectivity index (χ1) is 9.08. The van der Waals surface area contributed by atoms with Gasteiger partial charge in [-0.15, -0.1) is 0 Å². The summed E-state index contributed by atoms with van der Waals surface area (Å²) in [6, 6.07) is 7.70. The van der Waals surface area contributed by atoms with Gasteiger partial charge >= 0.3 is 5.97 Å². The van der Waals surface area contributed by atoms with E-state index in [0.29, 0.717) is 12.8 Å². The first-order valence-electron chi connectivity index (χ1n) is 6.27. The Morgan fingerprint density at radius 3 is 2.63 bits per heavy atom. The van der Waals surface area contributed by atoms with Crippen LogP contribution in [0.3, 0.4) is 0 Å². The molecule has 0 N–H and O–H groups in total. The lowest BCUT2D eigenvalue weighted by Gasteiger charge is -2.06. The molecule has 1 aliphatic rings. The molecule has 100 valence electrons. The van der Waals surface area contributed by atoms with Gasteiger partial charge in [0, 0.05) is 18.4 Å². The summed E-state index contributed by atoms with van der Waals surface area (Å²) in [6.45, 7) is 5.77. The molecule has 0 fully saturated rings. The maximum atomic E-state index is 11.7. The van der Waals surface area contributed by atoms with E-state index in [1.165, 1.54) is 0 Å².